The van der Waals surface area contributed by atoms with Gasteiger partial charge in [0.25, 0.3) is 5.56 Å². The predicted molar refractivity (Wildman–Crippen MR) is 68.2 cm³/mol. The van der Waals surface area contributed by atoms with Crippen molar-refractivity contribution in [1.29, 1.82) is 0 Å². The molecule has 0 aliphatic rings. The molecule has 7 heteroatoms. The molecule has 0 bridgehead atoms. The van der Waals surface area contributed by atoms with Gasteiger partial charge in [-0.2, -0.15) is 10.1 Å². The molecular formula is C12H11N5O2. The maximum Gasteiger partial charge on any atom is 0.302 e. The van der Waals surface area contributed by atoms with E-state index in [0.29, 0.717) is 16.7 Å². The highest BCUT2D eigenvalue weighted by atomic mass is 16.5. The number of aryl methyl sites for hydroxylation is 2. The largest absolute Gasteiger partial charge is 0.422 e. The van der Waals surface area contributed by atoms with Gasteiger partial charge in [0.15, 0.2) is 5.75 Å². The van der Waals surface area contributed by atoms with E-state index in [1.807, 2.05) is 6.92 Å². The molecule has 96 valence electrons. The number of hydrogen-bond donors (Lipinski definition) is 1. The number of rotatable bonds is 2. The highest BCUT2D eigenvalue weighted by Gasteiger charge is 2.09. The van der Waals surface area contributed by atoms with Crippen molar-refractivity contribution in [2.75, 3.05) is 0 Å². The number of nitrogens with zero attached hydrogens (tertiary/aromatic N) is 4. The van der Waals surface area contributed by atoms with Gasteiger partial charge in [-0.3, -0.25) is 19.4 Å². The summed E-state index contributed by atoms with van der Waals surface area (Å²) in [5.74, 6) is 0.550. The normalized spacial score (nSPS) is 10.8. The maximum absolute atomic E-state index is 11.9. The first-order chi connectivity index (χ1) is 9.13. The van der Waals surface area contributed by atoms with Gasteiger partial charge in [0.05, 0.1) is 23.3 Å². The average Bonchev–Trinajstić information content (AvgIpc) is 2.68. The van der Waals surface area contributed by atoms with Crippen LogP contribution in [0.2, 0.25) is 0 Å². The van der Waals surface area contributed by atoms with E-state index in [-0.39, 0.29) is 11.6 Å². The van der Waals surface area contributed by atoms with Gasteiger partial charge in [-0.1, -0.05) is 0 Å². The smallest absolute Gasteiger partial charge is 0.302 e. The molecule has 0 spiro atoms. The van der Waals surface area contributed by atoms with Crippen LogP contribution in [0.5, 0.6) is 11.8 Å². The number of H-pyrrole nitrogens is 1. The summed E-state index contributed by atoms with van der Waals surface area (Å²) in [6.45, 7) is 1.82. The highest BCUT2D eigenvalue weighted by Crippen LogP contribution is 2.20. The van der Waals surface area contributed by atoms with Gasteiger partial charge < -0.3 is 4.74 Å². The second-order valence-corrected chi connectivity index (χ2v) is 4.12. The first-order valence-corrected chi connectivity index (χ1v) is 5.65. The Labute approximate surface area is 107 Å². The number of nitrogens with one attached hydrogen (secondary N) is 1. The van der Waals surface area contributed by atoms with Crippen LogP contribution in [-0.2, 0) is 7.05 Å². The van der Waals surface area contributed by atoms with E-state index < -0.39 is 0 Å². The molecule has 0 aliphatic heterocycles. The van der Waals surface area contributed by atoms with Gasteiger partial charge in [-0.25, -0.2) is 0 Å². The Hall–Kier alpha value is -2.70. The van der Waals surface area contributed by atoms with Crippen LogP contribution in [-0.4, -0.2) is 24.7 Å². The number of fused-ring (bicyclic) bond motifs is 1. The molecule has 0 radical (unpaired) electrons. The molecule has 7 nitrogen and oxygen atoms in total. The zero-order valence-corrected chi connectivity index (χ0v) is 10.4. The quantitative estimate of drug-likeness (QED) is 0.744. The fourth-order valence-corrected chi connectivity index (χ4v) is 1.80. The van der Waals surface area contributed by atoms with Crippen LogP contribution in [0.15, 0.2) is 29.5 Å². The first-order valence-electron chi connectivity index (χ1n) is 5.65. The number of pyridine rings is 1. The molecule has 0 amide bonds. The molecule has 3 heterocycles. The third-order valence-corrected chi connectivity index (χ3v) is 2.66. The zero-order chi connectivity index (χ0) is 13.4. The van der Waals surface area contributed by atoms with Crippen molar-refractivity contribution in [3.8, 4) is 11.8 Å². The lowest BCUT2D eigenvalue weighted by molar-refractivity contribution is 0.439. The van der Waals surface area contributed by atoms with Crippen molar-refractivity contribution in [2.45, 2.75) is 6.92 Å². The molecule has 0 saturated carbocycles. The molecule has 0 saturated heterocycles. The second kappa shape index (κ2) is 4.20. The number of aromatic nitrogens is 5. The molecule has 3 rings (SSSR count). The van der Waals surface area contributed by atoms with Crippen LogP contribution < -0.4 is 10.3 Å². The van der Waals surface area contributed by atoms with Crippen LogP contribution >= 0.6 is 0 Å². The van der Waals surface area contributed by atoms with E-state index in [2.05, 4.69) is 20.1 Å². The van der Waals surface area contributed by atoms with Crippen molar-refractivity contribution in [3.05, 3.63) is 40.7 Å². The molecule has 3 aromatic rings. The van der Waals surface area contributed by atoms with Crippen LogP contribution in [0.1, 0.15) is 5.69 Å². The van der Waals surface area contributed by atoms with E-state index in [9.17, 15) is 4.79 Å². The number of ether oxygens (including phenoxy) is 1. The number of aromatic amines is 1. The number of hydrogen-bond acceptors (Lipinski definition) is 5. The molecular weight excluding hydrogens is 246 g/mol. The van der Waals surface area contributed by atoms with Gasteiger partial charge in [-0.15, -0.1) is 0 Å². The molecule has 0 fully saturated rings. The minimum Gasteiger partial charge on any atom is -0.422 e. The Morgan fingerprint density at radius 1 is 1.42 bits per heavy atom. The second-order valence-electron chi connectivity index (χ2n) is 4.12. The fraction of sp³-hybridized carbons (Fsp3) is 0.167. The van der Waals surface area contributed by atoms with E-state index in [4.69, 9.17) is 4.74 Å². The minimum absolute atomic E-state index is 0.126. The van der Waals surface area contributed by atoms with Crippen LogP contribution in [0, 0.1) is 6.92 Å². The highest BCUT2D eigenvalue weighted by molar-refractivity contribution is 5.76. The molecule has 1 N–H and O–H groups in total. The standard InChI is InChI=1S/C12H11N5O2/c1-7-10(6-17(2)16-7)19-12-14-9-5-13-4-3-8(9)11(18)15-12/h3-6H,1-2H3,(H,14,15,18). The SMILES string of the molecule is Cc1nn(C)cc1Oc1nc2cnccc2c(=O)[nH]1. The average molecular weight is 257 g/mol. The van der Waals surface area contributed by atoms with E-state index in [1.54, 1.807) is 30.2 Å². The summed E-state index contributed by atoms with van der Waals surface area (Å²) in [7, 11) is 1.79. The Morgan fingerprint density at radius 2 is 2.26 bits per heavy atom. The van der Waals surface area contributed by atoms with Gasteiger partial charge in [0, 0.05) is 13.2 Å². The van der Waals surface area contributed by atoms with Crippen LogP contribution in [0.4, 0.5) is 0 Å². The van der Waals surface area contributed by atoms with Crippen molar-refractivity contribution < 1.29 is 4.74 Å². The summed E-state index contributed by atoms with van der Waals surface area (Å²) < 4.78 is 7.17. The summed E-state index contributed by atoms with van der Waals surface area (Å²) in [6, 6.07) is 1.74. The molecule has 0 aromatic carbocycles. The van der Waals surface area contributed by atoms with Crippen molar-refractivity contribution in [3.63, 3.8) is 0 Å². The third kappa shape index (κ3) is 2.05. The summed E-state index contributed by atoms with van der Waals surface area (Å²) in [5, 5.41) is 4.63. The van der Waals surface area contributed by atoms with Crippen molar-refractivity contribution in [1.82, 2.24) is 24.7 Å². The summed E-state index contributed by atoms with van der Waals surface area (Å²) in [6.07, 6.45) is 4.78. The fourth-order valence-electron chi connectivity index (χ4n) is 1.80. The molecule has 19 heavy (non-hydrogen) atoms. The van der Waals surface area contributed by atoms with Gasteiger partial charge in [0.1, 0.15) is 5.69 Å². The van der Waals surface area contributed by atoms with Gasteiger partial charge >= 0.3 is 6.01 Å². The van der Waals surface area contributed by atoms with Crippen molar-refractivity contribution in [2.24, 2.45) is 7.05 Å². The summed E-state index contributed by atoms with van der Waals surface area (Å²) >= 11 is 0. The lowest BCUT2D eigenvalue weighted by Gasteiger charge is -2.03. The Kier molecular flexibility index (Phi) is 2.52. The summed E-state index contributed by atoms with van der Waals surface area (Å²) in [4.78, 5) is 22.6. The summed E-state index contributed by atoms with van der Waals surface area (Å²) in [5.41, 5.74) is 0.947. The third-order valence-electron chi connectivity index (χ3n) is 2.66. The van der Waals surface area contributed by atoms with Crippen LogP contribution in [0.25, 0.3) is 10.9 Å². The monoisotopic (exact) mass is 257 g/mol. The van der Waals surface area contributed by atoms with Gasteiger partial charge in [-0.05, 0) is 13.0 Å². The first kappa shape index (κ1) is 11.4. The topological polar surface area (TPSA) is 85.7 Å². The van der Waals surface area contributed by atoms with E-state index >= 15 is 0 Å². The van der Waals surface area contributed by atoms with E-state index in [1.165, 1.54) is 6.20 Å². The lowest BCUT2D eigenvalue weighted by atomic mass is 10.3. The predicted octanol–water partition coefficient (Wildman–Crippen LogP) is 1.15. The zero-order valence-electron chi connectivity index (χ0n) is 10.4. The van der Waals surface area contributed by atoms with Crippen LogP contribution in [0.3, 0.4) is 0 Å². The Morgan fingerprint density at radius 3 is 3.00 bits per heavy atom. The Balaban J connectivity index is 2.06. The minimum atomic E-state index is -0.260. The molecule has 3 aromatic heterocycles. The maximum atomic E-state index is 11.9. The molecule has 0 aliphatic carbocycles. The van der Waals surface area contributed by atoms with E-state index in [0.717, 1.165) is 5.69 Å². The lowest BCUT2D eigenvalue weighted by Crippen LogP contribution is -2.09. The molecule has 0 unspecified atom stereocenters. The molecule has 0 atom stereocenters. The van der Waals surface area contributed by atoms with Crippen molar-refractivity contribution >= 4 is 10.9 Å². The Bertz CT molecular complexity index is 805. The van der Waals surface area contributed by atoms with Gasteiger partial charge in [0.2, 0.25) is 0 Å².